The van der Waals surface area contributed by atoms with Crippen molar-refractivity contribution in [2.24, 2.45) is 0 Å². The van der Waals surface area contributed by atoms with Crippen LogP contribution in [-0.4, -0.2) is 43.6 Å². The molecule has 0 saturated carbocycles. The predicted octanol–water partition coefficient (Wildman–Crippen LogP) is 2.06. The van der Waals surface area contributed by atoms with Gasteiger partial charge in [0.25, 0.3) is 5.91 Å². The molecule has 1 amide bonds. The van der Waals surface area contributed by atoms with E-state index in [1.54, 1.807) is 0 Å². The molecule has 1 aliphatic heterocycles. The second-order valence-electron chi connectivity index (χ2n) is 6.54. The standard InChI is InChI=1S/C20H23BrN2O2/c1-16-4-2-7-19(12-16)25-15-20(24)23-10-8-22(9-11-23)14-17-5-3-6-18(21)13-17/h2-7,12-13H,8-11,14-15H2,1H3/p+1. The summed E-state index contributed by atoms with van der Waals surface area (Å²) in [6.45, 7) is 6.66. The number of aryl methyl sites for hydroxylation is 1. The summed E-state index contributed by atoms with van der Waals surface area (Å²) in [5.41, 5.74) is 2.46. The van der Waals surface area contributed by atoms with Gasteiger partial charge in [0.1, 0.15) is 12.3 Å². The average molecular weight is 404 g/mol. The van der Waals surface area contributed by atoms with E-state index in [9.17, 15) is 4.79 Å². The van der Waals surface area contributed by atoms with Gasteiger partial charge >= 0.3 is 0 Å². The molecule has 1 aliphatic rings. The lowest BCUT2D eigenvalue weighted by Crippen LogP contribution is -3.13. The molecule has 5 heteroatoms. The highest BCUT2D eigenvalue weighted by molar-refractivity contribution is 9.10. The third kappa shape index (κ3) is 5.31. The molecule has 3 rings (SSSR count). The van der Waals surface area contributed by atoms with Gasteiger partial charge in [-0.05, 0) is 36.8 Å². The van der Waals surface area contributed by atoms with Crippen LogP contribution in [0.1, 0.15) is 11.1 Å². The number of carbonyl (C=O) groups is 1. The lowest BCUT2D eigenvalue weighted by molar-refractivity contribution is -0.917. The summed E-state index contributed by atoms with van der Waals surface area (Å²) in [7, 11) is 0. The largest absolute Gasteiger partial charge is 0.484 e. The highest BCUT2D eigenvalue weighted by atomic mass is 79.9. The maximum absolute atomic E-state index is 12.4. The molecule has 1 fully saturated rings. The molecule has 4 nitrogen and oxygen atoms in total. The number of quaternary nitrogens is 1. The smallest absolute Gasteiger partial charge is 0.260 e. The summed E-state index contributed by atoms with van der Waals surface area (Å²) in [5.74, 6) is 0.829. The minimum atomic E-state index is 0.0722. The zero-order chi connectivity index (χ0) is 17.6. The molecule has 1 N–H and O–H groups in total. The molecule has 132 valence electrons. The zero-order valence-electron chi connectivity index (χ0n) is 14.5. The molecule has 0 spiro atoms. The Balaban J connectivity index is 1.44. The van der Waals surface area contributed by atoms with Crippen LogP contribution < -0.4 is 9.64 Å². The Bertz CT molecular complexity index is 727. The summed E-state index contributed by atoms with van der Waals surface area (Å²) in [6.07, 6.45) is 0. The Kier molecular flexibility index (Phi) is 6.10. The number of carbonyl (C=O) groups excluding carboxylic acids is 1. The number of nitrogens with one attached hydrogen (secondary N) is 1. The number of piperazine rings is 1. The number of hydrogen-bond acceptors (Lipinski definition) is 2. The van der Waals surface area contributed by atoms with E-state index < -0.39 is 0 Å². The SMILES string of the molecule is Cc1cccc(OCC(=O)N2CC[NH+](Cc3cccc(Br)c3)CC2)c1. The first-order chi connectivity index (χ1) is 12.1. The Hall–Kier alpha value is -1.85. The first kappa shape index (κ1) is 18.0. The van der Waals surface area contributed by atoms with E-state index >= 15 is 0 Å². The van der Waals surface area contributed by atoms with Crippen molar-refractivity contribution in [1.82, 2.24) is 4.90 Å². The lowest BCUT2D eigenvalue weighted by atomic mass is 10.2. The van der Waals surface area contributed by atoms with Crippen molar-refractivity contribution < 1.29 is 14.4 Å². The molecule has 1 saturated heterocycles. The minimum Gasteiger partial charge on any atom is -0.484 e. The van der Waals surface area contributed by atoms with Crippen molar-refractivity contribution in [3.05, 3.63) is 64.1 Å². The van der Waals surface area contributed by atoms with Crippen LogP contribution in [0.3, 0.4) is 0 Å². The van der Waals surface area contributed by atoms with E-state index in [1.165, 1.54) is 10.5 Å². The van der Waals surface area contributed by atoms with Crippen LogP contribution in [0, 0.1) is 6.92 Å². The Morgan fingerprint density at radius 2 is 1.92 bits per heavy atom. The van der Waals surface area contributed by atoms with Gasteiger partial charge in [-0.2, -0.15) is 0 Å². The van der Waals surface area contributed by atoms with Gasteiger partial charge in [0.15, 0.2) is 6.61 Å². The van der Waals surface area contributed by atoms with Crippen LogP contribution in [0.2, 0.25) is 0 Å². The van der Waals surface area contributed by atoms with Crippen molar-refractivity contribution in [2.45, 2.75) is 13.5 Å². The number of benzene rings is 2. The summed E-state index contributed by atoms with van der Waals surface area (Å²) in [4.78, 5) is 15.8. The second kappa shape index (κ2) is 8.50. The Labute approximate surface area is 157 Å². The average Bonchev–Trinajstić information content (AvgIpc) is 2.60. The van der Waals surface area contributed by atoms with E-state index in [1.807, 2.05) is 42.2 Å². The number of halogens is 1. The predicted molar refractivity (Wildman–Crippen MR) is 102 cm³/mol. The summed E-state index contributed by atoms with van der Waals surface area (Å²) in [5, 5.41) is 0. The van der Waals surface area contributed by atoms with E-state index in [0.29, 0.717) is 0 Å². The van der Waals surface area contributed by atoms with Gasteiger partial charge in [0.05, 0.1) is 26.2 Å². The quantitative estimate of drug-likeness (QED) is 0.828. The van der Waals surface area contributed by atoms with Gasteiger partial charge in [-0.3, -0.25) is 4.79 Å². The van der Waals surface area contributed by atoms with E-state index in [-0.39, 0.29) is 12.5 Å². The fourth-order valence-electron chi connectivity index (χ4n) is 3.13. The highest BCUT2D eigenvalue weighted by Gasteiger charge is 2.24. The maximum atomic E-state index is 12.4. The molecular formula is C20H24BrN2O2+. The van der Waals surface area contributed by atoms with Crippen LogP contribution >= 0.6 is 15.9 Å². The third-order valence-electron chi connectivity index (χ3n) is 4.52. The molecule has 0 unspecified atom stereocenters. The fraction of sp³-hybridized carbons (Fsp3) is 0.350. The van der Waals surface area contributed by atoms with Crippen molar-refractivity contribution in [3.63, 3.8) is 0 Å². The number of nitrogens with zero attached hydrogens (tertiary/aromatic N) is 1. The number of amides is 1. The Morgan fingerprint density at radius 1 is 1.16 bits per heavy atom. The molecule has 0 bridgehead atoms. The zero-order valence-corrected chi connectivity index (χ0v) is 16.1. The van der Waals surface area contributed by atoms with Gasteiger partial charge in [-0.25, -0.2) is 0 Å². The molecule has 2 aromatic carbocycles. The fourth-order valence-corrected chi connectivity index (χ4v) is 3.57. The maximum Gasteiger partial charge on any atom is 0.260 e. The number of rotatable bonds is 5. The number of hydrogen-bond donors (Lipinski definition) is 1. The van der Waals surface area contributed by atoms with Crippen molar-refractivity contribution in [1.29, 1.82) is 0 Å². The minimum absolute atomic E-state index is 0.0722. The lowest BCUT2D eigenvalue weighted by Gasteiger charge is -2.32. The molecule has 0 radical (unpaired) electrons. The van der Waals surface area contributed by atoms with Crippen LogP contribution in [0.5, 0.6) is 5.75 Å². The van der Waals surface area contributed by atoms with Crippen LogP contribution in [-0.2, 0) is 11.3 Å². The van der Waals surface area contributed by atoms with E-state index in [4.69, 9.17) is 4.74 Å². The topological polar surface area (TPSA) is 34.0 Å². The second-order valence-corrected chi connectivity index (χ2v) is 7.46. The molecule has 0 atom stereocenters. The van der Waals surface area contributed by atoms with E-state index in [2.05, 4.69) is 34.1 Å². The molecule has 2 aromatic rings. The summed E-state index contributed by atoms with van der Waals surface area (Å²) in [6, 6.07) is 16.2. The molecule has 0 aliphatic carbocycles. The van der Waals surface area contributed by atoms with Gasteiger partial charge in [-0.1, -0.05) is 40.2 Å². The number of ether oxygens (including phenoxy) is 1. The summed E-state index contributed by atoms with van der Waals surface area (Å²) < 4.78 is 6.75. The van der Waals surface area contributed by atoms with Gasteiger partial charge in [0.2, 0.25) is 0 Å². The molecular weight excluding hydrogens is 380 g/mol. The molecule has 1 heterocycles. The highest BCUT2D eigenvalue weighted by Crippen LogP contribution is 2.13. The first-order valence-corrected chi connectivity index (χ1v) is 9.45. The monoisotopic (exact) mass is 403 g/mol. The third-order valence-corrected chi connectivity index (χ3v) is 5.01. The van der Waals surface area contributed by atoms with Gasteiger partial charge in [0, 0.05) is 10.0 Å². The molecule has 25 heavy (non-hydrogen) atoms. The van der Waals surface area contributed by atoms with E-state index in [0.717, 1.165) is 48.5 Å². The van der Waals surface area contributed by atoms with Gasteiger partial charge < -0.3 is 14.5 Å². The van der Waals surface area contributed by atoms with Crippen molar-refractivity contribution >= 4 is 21.8 Å². The molecule has 0 aromatic heterocycles. The van der Waals surface area contributed by atoms with Crippen LogP contribution in [0.15, 0.2) is 53.0 Å². The summed E-state index contributed by atoms with van der Waals surface area (Å²) >= 11 is 3.52. The van der Waals surface area contributed by atoms with Gasteiger partial charge in [-0.15, -0.1) is 0 Å². The van der Waals surface area contributed by atoms with Crippen LogP contribution in [0.4, 0.5) is 0 Å². The Morgan fingerprint density at radius 3 is 2.64 bits per heavy atom. The normalized spacial score (nSPS) is 15.2. The first-order valence-electron chi connectivity index (χ1n) is 8.65. The van der Waals surface area contributed by atoms with Crippen LogP contribution in [0.25, 0.3) is 0 Å². The van der Waals surface area contributed by atoms with Crippen molar-refractivity contribution in [3.8, 4) is 5.75 Å². The van der Waals surface area contributed by atoms with Crippen molar-refractivity contribution in [2.75, 3.05) is 32.8 Å².